The number of nitrogens with one attached hydrogen (secondary N) is 1. The first-order chi connectivity index (χ1) is 13.9. The van der Waals surface area contributed by atoms with Gasteiger partial charge in [0.25, 0.3) is 0 Å². The lowest BCUT2D eigenvalue weighted by Crippen LogP contribution is -2.49. The number of rotatable bonds is 7. The van der Waals surface area contributed by atoms with Gasteiger partial charge in [0.1, 0.15) is 5.75 Å². The zero-order chi connectivity index (χ0) is 20.9. The van der Waals surface area contributed by atoms with Crippen LogP contribution in [0.15, 0.2) is 53.4 Å². The second-order valence-electron chi connectivity index (χ2n) is 7.00. The first-order valence-electron chi connectivity index (χ1n) is 9.63. The minimum Gasteiger partial charge on any atom is -0.495 e. The Morgan fingerprint density at radius 2 is 1.79 bits per heavy atom. The van der Waals surface area contributed by atoms with Crippen molar-refractivity contribution in [1.82, 2.24) is 9.62 Å². The molecule has 1 heterocycles. The Kier molecular flexibility index (Phi) is 6.76. The van der Waals surface area contributed by atoms with Crippen molar-refractivity contribution in [2.24, 2.45) is 0 Å². The third-order valence-corrected chi connectivity index (χ3v) is 6.45. The minimum atomic E-state index is -3.60. The van der Waals surface area contributed by atoms with E-state index < -0.39 is 10.0 Å². The van der Waals surface area contributed by atoms with E-state index in [1.165, 1.54) is 0 Å². The monoisotopic (exact) mass is 417 g/mol. The number of benzene rings is 2. The number of hydrogen-bond acceptors (Lipinski definition) is 5. The van der Waals surface area contributed by atoms with Gasteiger partial charge in [0, 0.05) is 39.1 Å². The topological polar surface area (TPSA) is 79.0 Å². The van der Waals surface area contributed by atoms with Crippen LogP contribution >= 0.6 is 0 Å². The number of methoxy groups -OCH3 is 1. The van der Waals surface area contributed by atoms with Crippen LogP contribution in [0.25, 0.3) is 0 Å². The van der Waals surface area contributed by atoms with Crippen LogP contribution < -0.4 is 14.4 Å². The Labute approximate surface area is 172 Å². The number of amides is 1. The number of ether oxygens (including phenoxy) is 1. The van der Waals surface area contributed by atoms with Gasteiger partial charge in [-0.3, -0.25) is 4.79 Å². The van der Waals surface area contributed by atoms with Gasteiger partial charge in [-0.1, -0.05) is 24.3 Å². The molecule has 1 aliphatic heterocycles. The van der Waals surface area contributed by atoms with Crippen LogP contribution in [0.4, 0.5) is 5.69 Å². The second kappa shape index (κ2) is 9.28. The lowest BCUT2D eigenvalue weighted by atomic mass is 10.2. The van der Waals surface area contributed by atoms with E-state index in [1.807, 2.05) is 37.3 Å². The van der Waals surface area contributed by atoms with Crippen molar-refractivity contribution < 1.29 is 17.9 Å². The normalized spacial score (nSPS) is 14.7. The number of para-hydroxylation sites is 2. The molecule has 0 saturated carbocycles. The van der Waals surface area contributed by atoms with Crippen molar-refractivity contribution in [3.05, 3.63) is 54.1 Å². The molecule has 1 saturated heterocycles. The second-order valence-corrected chi connectivity index (χ2v) is 8.77. The van der Waals surface area contributed by atoms with Crippen molar-refractivity contribution >= 4 is 21.6 Å². The number of piperazine rings is 1. The van der Waals surface area contributed by atoms with E-state index in [2.05, 4.69) is 9.62 Å². The predicted molar refractivity (Wildman–Crippen MR) is 113 cm³/mol. The highest BCUT2D eigenvalue weighted by atomic mass is 32.2. The molecule has 2 aromatic carbocycles. The van der Waals surface area contributed by atoms with E-state index in [1.54, 1.807) is 30.2 Å². The van der Waals surface area contributed by atoms with Crippen molar-refractivity contribution in [1.29, 1.82) is 0 Å². The number of carbonyl (C=O) groups is 1. The molecule has 29 heavy (non-hydrogen) atoms. The molecule has 1 N–H and O–H groups in total. The van der Waals surface area contributed by atoms with Crippen LogP contribution in [-0.4, -0.2) is 59.1 Å². The molecule has 1 amide bonds. The zero-order valence-corrected chi connectivity index (χ0v) is 17.6. The van der Waals surface area contributed by atoms with Gasteiger partial charge in [0.2, 0.25) is 15.9 Å². The molecule has 7 nitrogen and oxygen atoms in total. The van der Waals surface area contributed by atoms with E-state index in [9.17, 15) is 13.2 Å². The molecule has 0 unspecified atom stereocenters. The summed E-state index contributed by atoms with van der Waals surface area (Å²) in [5.74, 6) is 0.773. The third kappa shape index (κ3) is 5.27. The minimum absolute atomic E-state index is 0.0448. The highest BCUT2D eigenvalue weighted by molar-refractivity contribution is 7.89. The smallest absolute Gasteiger partial charge is 0.240 e. The quantitative estimate of drug-likeness (QED) is 0.746. The van der Waals surface area contributed by atoms with Crippen LogP contribution in [0.5, 0.6) is 5.75 Å². The SMILES string of the molecule is COc1ccccc1N1CCN(C(=O)CCNS(=O)(=O)c2cccc(C)c2)CC1. The van der Waals surface area contributed by atoms with Gasteiger partial charge in [0.05, 0.1) is 17.7 Å². The first-order valence-corrected chi connectivity index (χ1v) is 11.1. The summed E-state index contributed by atoms with van der Waals surface area (Å²) in [5, 5.41) is 0. The summed E-state index contributed by atoms with van der Waals surface area (Å²) in [7, 11) is -1.96. The van der Waals surface area contributed by atoms with Gasteiger partial charge in [-0.25, -0.2) is 13.1 Å². The first kappa shape index (κ1) is 21.1. The summed E-state index contributed by atoms with van der Waals surface area (Å²) in [5.41, 5.74) is 1.89. The number of hydrogen-bond donors (Lipinski definition) is 1. The molecule has 0 bridgehead atoms. The molecular formula is C21H27N3O4S. The molecule has 2 aromatic rings. The van der Waals surface area contributed by atoms with Crippen molar-refractivity contribution in [2.75, 3.05) is 44.7 Å². The van der Waals surface area contributed by atoms with Gasteiger partial charge in [-0.15, -0.1) is 0 Å². The predicted octanol–water partition coefficient (Wildman–Crippen LogP) is 2.02. The molecule has 1 aliphatic rings. The summed E-state index contributed by atoms with van der Waals surface area (Å²) < 4.78 is 32.6. The van der Waals surface area contributed by atoms with Gasteiger partial charge in [-0.05, 0) is 36.8 Å². The standard InChI is InChI=1S/C21H27N3O4S/c1-17-6-5-7-18(16-17)29(26,27)22-11-10-21(25)24-14-12-23(13-15-24)19-8-3-4-9-20(19)28-2/h3-9,16,22H,10-15H2,1-2H3. The molecule has 0 atom stereocenters. The Morgan fingerprint density at radius 3 is 2.48 bits per heavy atom. The average molecular weight is 418 g/mol. The number of nitrogens with zero attached hydrogens (tertiary/aromatic N) is 2. The summed E-state index contributed by atoms with van der Waals surface area (Å²) in [6, 6.07) is 14.5. The molecule has 8 heteroatoms. The molecule has 0 radical (unpaired) electrons. The van der Waals surface area contributed by atoms with Crippen LogP contribution in [-0.2, 0) is 14.8 Å². The van der Waals surface area contributed by atoms with E-state index in [4.69, 9.17) is 4.74 Å². The maximum Gasteiger partial charge on any atom is 0.240 e. The lowest BCUT2D eigenvalue weighted by Gasteiger charge is -2.36. The fourth-order valence-electron chi connectivity index (χ4n) is 3.40. The zero-order valence-electron chi connectivity index (χ0n) is 16.8. The van der Waals surface area contributed by atoms with E-state index in [0.29, 0.717) is 26.2 Å². The molecule has 0 aliphatic carbocycles. The number of carbonyl (C=O) groups excluding carboxylic acids is 1. The molecule has 3 rings (SSSR count). The average Bonchev–Trinajstić information content (AvgIpc) is 2.73. The molecule has 156 valence electrons. The Bertz CT molecular complexity index is 954. The van der Waals surface area contributed by atoms with Crippen molar-refractivity contribution in [2.45, 2.75) is 18.2 Å². The summed E-state index contributed by atoms with van der Waals surface area (Å²) in [6.45, 7) is 4.54. The number of aryl methyl sites for hydroxylation is 1. The van der Waals surface area contributed by atoms with E-state index in [-0.39, 0.29) is 23.8 Å². The fraction of sp³-hybridized carbons (Fsp3) is 0.381. The van der Waals surface area contributed by atoms with Gasteiger partial charge < -0.3 is 14.5 Å². The summed E-state index contributed by atoms with van der Waals surface area (Å²) >= 11 is 0. The van der Waals surface area contributed by atoms with Crippen molar-refractivity contribution in [3.8, 4) is 5.75 Å². The van der Waals surface area contributed by atoms with Crippen molar-refractivity contribution in [3.63, 3.8) is 0 Å². The highest BCUT2D eigenvalue weighted by Crippen LogP contribution is 2.28. The van der Waals surface area contributed by atoms with E-state index in [0.717, 1.165) is 17.0 Å². The Balaban J connectivity index is 1.49. The van der Waals surface area contributed by atoms with E-state index >= 15 is 0 Å². The van der Waals surface area contributed by atoms with Gasteiger partial charge in [0.15, 0.2) is 0 Å². The summed E-state index contributed by atoms with van der Waals surface area (Å²) in [4.78, 5) is 16.7. The third-order valence-electron chi connectivity index (χ3n) is 4.99. The van der Waals surface area contributed by atoms with Crippen LogP contribution in [0, 0.1) is 6.92 Å². The summed E-state index contributed by atoms with van der Waals surface area (Å²) in [6.07, 6.45) is 0.139. The maximum absolute atomic E-state index is 12.5. The van der Waals surface area contributed by atoms with Crippen LogP contribution in [0.3, 0.4) is 0 Å². The van der Waals surface area contributed by atoms with Crippen LogP contribution in [0.1, 0.15) is 12.0 Å². The maximum atomic E-state index is 12.5. The number of sulfonamides is 1. The molecular weight excluding hydrogens is 390 g/mol. The number of anilines is 1. The molecule has 0 spiro atoms. The largest absolute Gasteiger partial charge is 0.495 e. The van der Waals surface area contributed by atoms with Gasteiger partial charge >= 0.3 is 0 Å². The Hall–Kier alpha value is -2.58. The van der Waals surface area contributed by atoms with Gasteiger partial charge in [-0.2, -0.15) is 0 Å². The van der Waals surface area contributed by atoms with Crippen LogP contribution in [0.2, 0.25) is 0 Å². The Morgan fingerprint density at radius 1 is 1.07 bits per heavy atom. The fourth-order valence-corrected chi connectivity index (χ4v) is 4.54. The lowest BCUT2D eigenvalue weighted by molar-refractivity contribution is -0.131. The highest BCUT2D eigenvalue weighted by Gasteiger charge is 2.23. The molecule has 0 aromatic heterocycles. The molecule has 1 fully saturated rings.